The zero-order valence-electron chi connectivity index (χ0n) is 12.7. The maximum absolute atomic E-state index is 11.2. The fraction of sp³-hybridized carbons (Fsp3) is 0.562. The van der Waals surface area contributed by atoms with Crippen molar-refractivity contribution in [1.29, 1.82) is 0 Å². The fourth-order valence-electron chi connectivity index (χ4n) is 1.33. The Hall–Kier alpha value is -1.51. The van der Waals surface area contributed by atoms with Gasteiger partial charge in [0.05, 0.1) is 19.3 Å². The number of hydrogen-bond acceptors (Lipinski definition) is 3. The highest BCUT2D eigenvalue weighted by Gasteiger charge is 2.21. The van der Waals surface area contributed by atoms with Crippen molar-refractivity contribution in [3.63, 3.8) is 0 Å². The molecule has 1 aromatic carbocycles. The van der Waals surface area contributed by atoms with Gasteiger partial charge in [0, 0.05) is 0 Å². The predicted molar refractivity (Wildman–Crippen MR) is 78.7 cm³/mol. The van der Waals surface area contributed by atoms with Crippen LogP contribution >= 0.6 is 0 Å². The van der Waals surface area contributed by atoms with Crippen LogP contribution in [0, 0.1) is 5.92 Å². The van der Waals surface area contributed by atoms with Crippen molar-refractivity contribution in [2.75, 3.05) is 13.7 Å². The van der Waals surface area contributed by atoms with Gasteiger partial charge in [0.25, 0.3) is 0 Å². The first-order chi connectivity index (χ1) is 9.29. The van der Waals surface area contributed by atoms with E-state index >= 15 is 0 Å². The largest absolute Gasteiger partial charge is 0.493 e. The van der Waals surface area contributed by atoms with Crippen LogP contribution in [0.5, 0.6) is 5.75 Å². The summed E-state index contributed by atoms with van der Waals surface area (Å²) in [5, 5.41) is 0. The molecule has 1 aromatic rings. The van der Waals surface area contributed by atoms with Crippen molar-refractivity contribution in [1.82, 2.24) is 0 Å². The zero-order valence-corrected chi connectivity index (χ0v) is 12.7. The first-order valence-corrected chi connectivity index (χ1v) is 7.11. The number of carbonyl (C=O) groups excluding carboxylic acids is 1. The van der Waals surface area contributed by atoms with Crippen LogP contribution in [-0.2, 0) is 4.74 Å². The van der Waals surface area contributed by atoms with Gasteiger partial charge in [0.2, 0.25) is 0 Å². The third-order valence-electron chi connectivity index (χ3n) is 2.44. The molecule has 3 nitrogen and oxygen atoms in total. The van der Waals surface area contributed by atoms with E-state index in [1.807, 2.05) is 33.8 Å². The smallest absolute Gasteiger partial charge is 0.337 e. The lowest BCUT2D eigenvalue weighted by molar-refractivity contribution is 0.0600. The quantitative estimate of drug-likeness (QED) is 0.762. The van der Waals surface area contributed by atoms with Gasteiger partial charge in [-0.1, -0.05) is 33.8 Å². The topological polar surface area (TPSA) is 35.5 Å². The molecule has 0 radical (unpaired) electrons. The molecule has 19 heavy (non-hydrogen) atoms. The van der Waals surface area contributed by atoms with Crippen LogP contribution in [0.1, 0.15) is 50.9 Å². The lowest BCUT2D eigenvalue weighted by Gasteiger charge is -2.06. The summed E-state index contributed by atoms with van der Waals surface area (Å²) in [5.41, 5.74) is 0.533. The molecular weight excluding hydrogens is 240 g/mol. The molecule has 0 unspecified atom stereocenters. The molecule has 1 aliphatic carbocycles. The van der Waals surface area contributed by atoms with Crippen molar-refractivity contribution in [3.8, 4) is 5.75 Å². The molecule has 0 saturated heterocycles. The maximum atomic E-state index is 11.2. The molecule has 3 heteroatoms. The van der Waals surface area contributed by atoms with E-state index in [0.717, 1.165) is 12.4 Å². The highest BCUT2D eigenvalue weighted by Crippen LogP contribution is 2.29. The Kier molecular flexibility index (Phi) is 9.59. The van der Waals surface area contributed by atoms with Gasteiger partial charge < -0.3 is 9.47 Å². The van der Waals surface area contributed by atoms with Crippen LogP contribution in [0.15, 0.2) is 24.3 Å². The third kappa shape index (κ3) is 6.85. The van der Waals surface area contributed by atoms with Crippen LogP contribution in [0.3, 0.4) is 0 Å². The number of carbonyl (C=O) groups is 1. The van der Waals surface area contributed by atoms with Gasteiger partial charge in [0.1, 0.15) is 5.75 Å². The summed E-state index contributed by atoms with van der Waals surface area (Å²) in [6.07, 6.45) is 2.52. The van der Waals surface area contributed by atoms with Gasteiger partial charge in [-0.2, -0.15) is 0 Å². The summed E-state index contributed by atoms with van der Waals surface area (Å²) in [5.74, 6) is 1.13. The van der Waals surface area contributed by atoms with E-state index in [1.165, 1.54) is 20.0 Å². The SMILES string of the molecule is CC.CC.COC(=O)c1cccc(OCC2CC2)c1. The van der Waals surface area contributed by atoms with Crippen molar-refractivity contribution >= 4 is 5.97 Å². The van der Waals surface area contributed by atoms with Gasteiger partial charge in [-0.05, 0) is 37.0 Å². The van der Waals surface area contributed by atoms with E-state index in [-0.39, 0.29) is 5.97 Å². The fourth-order valence-corrected chi connectivity index (χ4v) is 1.33. The van der Waals surface area contributed by atoms with Gasteiger partial charge in [-0.3, -0.25) is 0 Å². The van der Waals surface area contributed by atoms with Crippen LogP contribution in [0.2, 0.25) is 0 Å². The number of esters is 1. The lowest BCUT2D eigenvalue weighted by atomic mass is 10.2. The number of benzene rings is 1. The molecular formula is C16H26O3. The van der Waals surface area contributed by atoms with E-state index in [0.29, 0.717) is 11.5 Å². The predicted octanol–water partition coefficient (Wildman–Crippen LogP) is 4.31. The van der Waals surface area contributed by atoms with Gasteiger partial charge in [0.15, 0.2) is 0 Å². The minimum atomic E-state index is -0.327. The molecule has 0 heterocycles. The van der Waals surface area contributed by atoms with Gasteiger partial charge in [-0.25, -0.2) is 4.79 Å². The van der Waals surface area contributed by atoms with Crippen LogP contribution in [-0.4, -0.2) is 19.7 Å². The van der Waals surface area contributed by atoms with Crippen molar-refractivity contribution in [3.05, 3.63) is 29.8 Å². The number of ether oxygens (including phenoxy) is 2. The van der Waals surface area contributed by atoms with Gasteiger partial charge >= 0.3 is 5.97 Å². The second-order valence-electron chi connectivity index (χ2n) is 3.77. The van der Waals surface area contributed by atoms with Crippen LogP contribution in [0.4, 0.5) is 0 Å². The molecule has 108 valence electrons. The molecule has 1 aliphatic rings. The second-order valence-corrected chi connectivity index (χ2v) is 3.77. The minimum absolute atomic E-state index is 0.327. The Morgan fingerprint density at radius 2 is 1.84 bits per heavy atom. The second kappa shape index (κ2) is 10.4. The first-order valence-electron chi connectivity index (χ1n) is 7.11. The Morgan fingerprint density at radius 1 is 1.21 bits per heavy atom. The van der Waals surface area contributed by atoms with Crippen molar-refractivity contribution in [2.45, 2.75) is 40.5 Å². The third-order valence-corrected chi connectivity index (χ3v) is 2.44. The lowest BCUT2D eigenvalue weighted by Crippen LogP contribution is -2.03. The highest BCUT2D eigenvalue weighted by molar-refractivity contribution is 5.89. The average molecular weight is 266 g/mol. The summed E-state index contributed by atoms with van der Waals surface area (Å²) in [6, 6.07) is 7.09. The molecule has 0 aliphatic heterocycles. The minimum Gasteiger partial charge on any atom is -0.493 e. The highest BCUT2D eigenvalue weighted by atomic mass is 16.5. The Morgan fingerprint density at radius 3 is 2.37 bits per heavy atom. The van der Waals surface area contributed by atoms with Gasteiger partial charge in [-0.15, -0.1) is 0 Å². The van der Waals surface area contributed by atoms with Crippen LogP contribution < -0.4 is 4.74 Å². The molecule has 2 rings (SSSR count). The summed E-state index contributed by atoms with van der Waals surface area (Å²) in [6.45, 7) is 8.75. The van der Waals surface area contributed by atoms with E-state index in [2.05, 4.69) is 4.74 Å². The van der Waals surface area contributed by atoms with Crippen LogP contribution in [0.25, 0.3) is 0 Å². The standard InChI is InChI=1S/C12H14O3.2C2H6/c1-14-12(13)10-3-2-4-11(7-10)15-8-9-5-6-9;2*1-2/h2-4,7,9H,5-6,8H2,1H3;2*1-2H3. The van der Waals surface area contributed by atoms with E-state index < -0.39 is 0 Å². The summed E-state index contributed by atoms with van der Waals surface area (Å²) >= 11 is 0. The van der Waals surface area contributed by atoms with E-state index in [9.17, 15) is 4.79 Å². The molecule has 1 saturated carbocycles. The Labute approximate surface area is 116 Å². The number of rotatable bonds is 4. The molecule has 0 amide bonds. The number of methoxy groups -OCH3 is 1. The monoisotopic (exact) mass is 266 g/mol. The molecule has 0 atom stereocenters. The summed E-state index contributed by atoms with van der Waals surface area (Å²) in [7, 11) is 1.38. The Bertz CT molecular complexity index is 357. The molecule has 0 bridgehead atoms. The van der Waals surface area contributed by atoms with E-state index in [4.69, 9.17) is 4.74 Å². The first kappa shape index (κ1) is 17.5. The van der Waals surface area contributed by atoms with E-state index in [1.54, 1.807) is 18.2 Å². The molecule has 0 aromatic heterocycles. The molecule has 1 fully saturated rings. The normalized spacial score (nSPS) is 12.3. The Balaban J connectivity index is 0.000000741. The number of hydrogen-bond donors (Lipinski definition) is 0. The summed E-state index contributed by atoms with van der Waals surface area (Å²) in [4.78, 5) is 11.2. The molecule has 0 spiro atoms. The maximum Gasteiger partial charge on any atom is 0.337 e. The summed E-state index contributed by atoms with van der Waals surface area (Å²) < 4.78 is 10.2. The average Bonchev–Trinajstić information content (AvgIpc) is 3.33. The molecule has 0 N–H and O–H groups in total. The zero-order chi connectivity index (χ0) is 14.7. The van der Waals surface area contributed by atoms with Crippen molar-refractivity contribution < 1.29 is 14.3 Å². The van der Waals surface area contributed by atoms with Crippen molar-refractivity contribution in [2.24, 2.45) is 5.92 Å².